The van der Waals surface area contributed by atoms with Crippen molar-refractivity contribution < 1.29 is 14.3 Å². The Morgan fingerprint density at radius 1 is 1.53 bits per heavy atom. The zero-order chi connectivity index (χ0) is 12.8. The highest BCUT2D eigenvalue weighted by atomic mass is 35.5. The van der Waals surface area contributed by atoms with E-state index in [1.807, 2.05) is 0 Å². The highest BCUT2D eigenvalue weighted by molar-refractivity contribution is 6.32. The number of nitrogens with two attached hydrogens (primary N) is 1. The third-order valence-corrected chi connectivity index (χ3v) is 1.67. The highest BCUT2D eigenvalue weighted by Gasteiger charge is 2.14. The molecule has 0 unspecified atom stereocenters. The molecular weight excluding hydrogens is 250 g/mol. The highest BCUT2D eigenvalue weighted by Crippen LogP contribution is 2.11. The van der Waals surface area contributed by atoms with Crippen molar-refractivity contribution in [2.75, 3.05) is 17.8 Å². The number of aromatic nitrogens is 2. The first-order chi connectivity index (χ1) is 8.02. The number of hydrogen-bond acceptors (Lipinski definition) is 7. The van der Waals surface area contributed by atoms with Gasteiger partial charge >= 0.3 is 11.9 Å². The fourth-order valence-corrected chi connectivity index (χ4v) is 1.06. The molecule has 0 aliphatic rings. The van der Waals surface area contributed by atoms with Crippen LogP contribution in [0.5, 0.6) is 0 Å². The van der Waals surface area contributed by atoms with E-state index in [-0.39, 0.29) is 23.5 Å². The van der Waals surface area contributed by atoms with Gasteiger partial charge in [-0.15, -0.1) is 0 Å². The topological polar surface area (TPSA) is 119 Å². The van der Waals surface area contributed by atoms with Crippen molar-refractivity contribution in [2.24, 2.45) is 0 Å². The molecule has 1 heterocycles. The summed E-state index contributed by atoms with van der Waals surface area (Å²) in [5.41, 5.74) is 9.74. The molecule has 1 amide bonds. The number of anilines is 2. The van der Waals surface area contributed by atoms with Gasteiger partial charge in [0.1, 0.15) is 5.15 Å². The number of nitrogens with zero attached hydrogens (tertiary/aromatic N) is 2. The molecule has 0 saturated heterocycles. The predicted octanol–water partition coefficient (Wildman–Crippen LogP) is -0.282. The molecule has 17 heavy (non-hydrogen) atoms. The van der Waals surface area contributed by atoms with Crippen molar-refractivity contribution in [1.82, 2.24) is 15.4 Å². The van der Waals surface area contributed by atoms with Crippen molar-refractivity contribution >= 4 is 35.2 Å². The van der Waals surface area contributed by atoms with Crippen LogP contribution in [0.4, 0.5) is 11.8 Å². The molecule has 1 rings (SSSR count). The summed E-state index contributed by atoms with van der Waals surface area (Å²) >= 11 is 5.60. The average Bonchev–Trinajstić information content (AvgIpc) is 2.25. The van der Waals surface area contributed by atoms with Gasteiger partial charge in [0.05, 0.1) is 6.61 Å². The van der Waals surface area contributed by atoms with Crippen LogP contribution in [0.25, 0.3) is 0 Å². The fraction of sp³-hybridized carbons (Fsp3) is 0.250. The fourth-order valence-electron chi connectivity index (χ4n) is 0.868. The Bertz CT molecular complexity index is 419. The molecule has 1 aromatic heterocycles. The third-order valence-electron chi connectivity index (χ3n) is 1.48. The van der Waals surface area contributed by atoms with Gasteiger partial charge in [-0.25, -0.2) is 9.78 Å². The van der Waals surface area contributed by atoms with Crippen LogP contribution in [-0.4, -0.2) is 28.5 Å². The number of hydrazine groups is 1. The van der Waals surface area contributed by atoms with E-state index in [2.05, 4.69) is 25.6 Å². The first-order valence-corrected chi connectivity index (χ1v) is 4.94. The number of halogens is 1. The molecule has 0 aliphatic carbocycles. The zero-order valence-electron chi connectivity index (χ0n) is 8.86. The van der Waals surface area contributed by atoms with Crippen LogP contribution in [0.3, 0.4) is 0 Å². The number of esters is 1. The normalized spacial score (nSPS) is 9.53. The van der Waals surface area contributed by atoms with E-state index in [0.29, 0.717) is 0 Å². The van der Waals surface area contributed by atoms with Gasteiger partial charge in [0.15, 0.2) is 5.82 Å². The standard InChI is InChI=1S/C8H10ClN5O3/c1-2-17-7(16)6(15)14-13-5-3-4(9)11-8(10)12-5/h3H,2H2,1H3,(H,14,15)(H3,10,11,12,13). The first kappa shape index (κ1) is 13.0. The van der Waals surface area contributed by atoms with Crippen LogP contribution < -0.4 is 16.6 Å². The minimum atomic E-state index is -1.01. The van der Waals surface area contributed by atoms with E-state index in [0.717, 1.165) is 0 Å². The molecule has 0 fully saturated rings. The quantitative estimate of drug-likeness (QED) is 0.295. The van der Waals surface area contributed by atoms with Crippen LogP contribution in [0, 0.1) is 0 Å². The lowest BCUT2D eigenvalue weighted by Gasteiger charge is -2.07. The summed E-state index contributed by atoms with van der Waals surface area (Å²) in [6.07, 6.45) is 0. The number of nitrogens with one attached hydrogen (secondary N) is 2. The van der Waals surface area contributed by atoms with Crippen LogP contribution >= 0.6 is 11.6 Å². The Morgan fingerprint density at radius 3 is 2.82 bits per heavy atom. The smallest absolute Gasteiger partial charge is 0.398 e. The monoisotopic (exact) mass is 259 g/mol. The lowest BCUT2D eigenvalue weighted by Crippen LogP contribution is -2.36. The zero-order valence-corrected chi connectivity index (χ0v) is 9.61. The molecule has 92 valence electrons. The number of carbonyl (C=O) groups excluding carboxylic acids is 2. The molecule has 0 aliphatic heterocycles. The molecule has 0 saturated carbocycles. The Balaban J connectivity index is 2.55. The first-order valence-electron chi connectivity index (χ1n) is 4.56. The molecule has 4 N–H and O–H groups in total. The molecule has 8 nitrogen and oxygen atoms in total. The van der Waals surface area contributed by atoms with E-state index >= 15 is 0 Å². The number of carbonyl (C=O) groups is 2. The van der Waals surface area contributed by atoms with Crippen LogP contribution in [0.2, 0.25) is 5.15 Å². The van der Waals surface area contributed by atoms with Gasteiger partial charge < -0.3 is 10.5 Å². The third kappa shape index (κ3) is 4.11. The summed E-state index contributed by atoms with van der Waals surface area (Å²) in [5.74, 6) is -1.88. The van der Waals surface area contributed by atoms with Gasteiger partial charge in [-0.05, 0) is 6.92 Å². The van der Waals surface area contributed by atoms with E-state index in [4.69, 9.17) is 17.3 Å². The maximum Gasteiger partial charge on any atom is 0.398 e. The second-order valence-corrected chi connectivity index (χ2v) is 3.12. The van der Waals surface area contributed by atoms with Crippen molar-refractivity contribution in [3.63, 3.8) is 0 Å². The van der Waals surface area contributed by atoms with Gasteiger partial charge in [-0.2, -0.15) is 4.98 Å². The summed E-state index contributed by atoms with van der Waals surface area (Å²) in [4.78, 5) is 29.4. The molecule has 9 heteroatoms. The molecular formula is C8H10ClN5O3. The Labute approximate surface area is 101 Å². The minimum absolute atomic E-state index is 0.0645. The minimum Gasteiger partial charge on any atom is -0.459 e. The van der Waals surface area contributed by atoms with Crippen molar-refractivity contribution in [2.45, 2.75) is 6.92 Å². The summed E-state index contributed by atoms with van der Waals surface area (Å²) < 4.78 is 4.47. The number of rotatable bonds is 3. The van der Waals surface area contributed by atoms with Gasteiger partial charge in [0.2, 0.25) is 5.95 Å². The summed E-state index contributed by atoms with van der Waals surface area (Å²) in [6, 6.07) is 1.32. The molecule has 0 bridgehead atoms. The van der Waals surface area contributed by atoms with E-state index < -0.39 is 11.9 Å². The van der Waals surface area contributed by atoms with Gasteiger partial charge in [-0.1, -0.05) is 11.6 Å². The Morgan fingerprint density at radius 2 is 2.24 bits per heavy atom. The molecule has 0 atom stereocenters. The Hall–Kier alpha value is -2.09. The maximum atomic E-state index is 11.1. The van der Waals surface area contributed by atoms with Crippen molar-refractivity contribution in [3.05, 3.63) is 11.2 Å². The van der Waals surface area contributed by atoms with Crippen LogP contribution in [0.1, 0.15) is 6.92 Å². The SMILES string of the molecule is CCOC(=O)C(=O)NNc1cc(Cl)nc(N)n1. The van der Waals surface area contributed by atoms with Gasteiger partial charge in [0, 0.05) is 6.07 Å². The van der Waals surface area contributed by atoms with Crippen molar-refractivity contribution in [3.8, 4) is 0 Å². The predicted molar refractivity (Wildman–Crippen MR) is 59.9 cm³/mol. The van der Waals surface area contributed by atoms with Gasteiger partial charge in [-0.3, -0.25) is 15.6 Å². The second kappa shape index (κ2) is 5.85. The van der Waals surface area contributed by atoms with Crippen LogP contribution in [0.15, 0.2) is 6.07 Å². The largest absolute Gasteiger partial charge is 0.459 e. The van der Waals surface area contributed by atoms with E-state index in [9.17, 15) is 9.59 Å². The summed E-state index contributed by atoms with van der Waals surface area (Å²) in [6.45, 7) is 1.70. The summed E-state index contributed by atoms with van der Waals surface area (Å²) in [5, 5.41) is 0.102. The van der Waals surface area contributed by atoms with Crippen LogP contribution in [-0.2, 0) is 14.3 Å². The second-order valence-electron chi connectivity index (χ2n) is 2.73. The number of hydrogen-bond donors (Lipinski definition) is 3. The maximum absolute atomic E-state index is 11.1. The molecule has 0 aromatic carbocycles. The Kier molecular flexibility index (Phi) is 4.46. The van der Waals surface area contributed by atoms with Crippen molar-refractivity contribution in [1.29, 1.82) is 0 Å². The van der Waals surface area contributed by atoms with E-state index in [1.54, 1.807) is 6.92 Å². The lowest BCUT2D eigenvalue weighted by atomic mass is 10.6. The number of nitrogen functional groups attached to an aromatic ring is 1. The molecule has 0 radical (unpaired) electrons. The summed E-state index contributed by atoms with van der Waals surface area (Å²) in [7, 11) is 0. The number of amides is 1. The number of ether oxygens (including phenoxy) is 1. The molecule has 0 spiro atoms. The molecule has 1 aromatic rings. The lowest BCUT2D eigenvalue weighted by molar-refractivity contribution is -0.154. The van der Waals surface area contributed by atoms with Gasteiger partial charge in [0.25, 0.3) is 0 Å². The average molecular weight is 260 g/mol. The van der Waals surface area contributed by atoms with E-state index in [1.165, 1.54) is 6.07 Å².